The van der Waals surface area contributed by atoms with Gasteiger partial charge in [0.05, 0.1) is 10.9 Å². The summed E-state index contributed by atoms with van der Waals surface area (Å²) in [5.41, 5.74) is 1.74. The molecule has 1 amide bonds. The fourth-order valence-corrected chi connectivity index (χ4v) is 3.08. The summed E-state index contributed by atoms with van der Waals surface area (Å²) in [5, 5.41) is 0.602. The van der Waals surface area contributed by atoms with E-state index in [1.807, 2.05) is 26.0 Å². The number of anilines is 1. The van der Waals surface area contributed by atoms with Gasteiger partial charge in [-0.3, -0.25) is 9.69 Å². The smallest absolute Gasteiger partial charge is 0.245 e. The molecule has 16 heavy (non-hydrogen) atoms. The first-order chi connectivity index (χ1) is 7.50. The molecule has 5 heteroatoms. The summed E-state index contributed by atoms with van der Waals surface area (Å²) in [6, 6.07) is 5.49. The van der Waals surface area contributed by atoms with Crippen LogP contribution in [-0.2, 0) is 4.79 Å². The SMILES string of the molecule is Cc1cc(N2C(=O)C(C)SC2=S)ccc1Cl. The van der Waals surface area contributed by atoms with Gasteiger partial charge in [0.2, 0.25) is 5.91 Å². The standard InChI is InChI=1S/C11H10ClNOS2/c1-6-5-8(3-4-9(6)12)13-10(14)7(2)16-11(13)15/h3-5,7H,1-2H3. The molecule has 2 rings (SSSR count). The summed E-state index contributed by atoms with van der Waals surface area (Å²) in [4.78, 5) is 13.5. The molecule has 0 aliphatic carbocycles. The molecular formula is C11H10ClNOS2. The zero-order chi connectivity index (χ0) is 11.9. The summed E-state index contributed by atoms with van der Waals surface area (Å²) in [6.07, 6.45) is 0. The first-order valence-electron chi connectivity index (χ1n) is 4.81. The van der Waals surface area contributed by atoms with Crippen LogP contribution in [0.4, 0.5) is 5.69 Å². The molecule has 1 unspecified atom stereocenters. The highest BCUT2D eigenvalue weighted by Gasteiger charge is 2.34. The molecular weight excluding hydrogens is 262 g/mol. The largest absolute Gasteiger partial charge is 0.273 e. The Morgan fingerprint density at radius 2 is 2.19 bits per heavy atom. The highest BCUT2D eigenvalue weighted by molar-refractivity contribution is 8.25. The Morgan fingerprint density at radius 3 is 2.69 bits per heavy atom. The van der Waals surface area contributed by atoms with E-state index in [0.717, 1.165) is 11.3 Å². The molecule has 0 radical (unpaired) electrons. The van der Waals surface area contributed by atoms with Crippen molar-refractivity contribution >= 4 is 51.5 Å². The number of halogens is 1. The average molecular weight is 272 g/mol. The van der Waals surface area contributed by atoms with Gasteiger partial charge in [-0.15, -0.1) is 0 Å². The zero-order valence-electron chi connectivity index (χ0n) is 8.86. The Bertz CT molecular complexity index is 475. The third-order valence-corrected chi connectivity index (χ3v) is 4.26. The number of carbonyl (C=O) groups is 1. The Kier molecular flexibility index (Phi) is 3.24. The number of nitrogens with zero attached hydrogens (tertiary/aromatic N) is 1. The van der Waals surface area contributed by atoms with Crippen molar-refractivity contribution in [2.45, 2.75) is 19.1 Å². The highest BCUT2D eigenvalue weighted by Crippen LogP contribution is 2.33. The molecule has 0 aromatic heterocycles. The quantitative estimate of drug-likeness (QED) is 0.730. The Balaban J connectivity index is 2.41. The molecule has 1 saturated heterocycles. The number of hydrogen-bond acceptors (Lipinski definition) is 3. The molecule has 1 heterocycles. The molecule has 1 aliphatic rings. The fourth-order valence-electron chi connectivity index (χ4n) is 1.53. The van der Waals surface area contributed by atoms with E-state index in [1.165, 1.54) is 11.8 Å². The maximum absolute atomic E-state index is 11.9. The van der Waals surface area contributed by atoms with Crippen LogP contribution in [0, 0.1) is 6.92 Å². The molecule has 84 valence electrons. The average Bonchev–Trinajstić information content (AvgIpc) is 2.47. The number of benzene rings is 1. The number of carbonyl (C=O) groups excluding carboxylic acids is 1. The Labute approximate surface area is 109 Å². The van der Waals surface area contributed by atoms with Crippen LogP contribution in [0.3, 0.4) is 0 Å². The molecule has 0 N–H and O–H groups in total. The van der Waals surface area contributed by atoms with E-state index in [1.54, 1.807) is 11.0 Å². The first-order valence-corrected chi connectivity index (χ1v) is 6.48. The van der Waals surface area contributed by atoms with Gasteiger partial charge >= 0.3 is 0 Å². The molecule has 1 aliphatic heterocycles. The Morgan fingerprint density at radius 1 is 1.50 bits per heavy atom. The van der Waals surface area contributed by atoms with E-state index in [-0.39, 0.29) is 11.2 Å². The van der Waals surface area contributed by atoms with Crippen LogP contribution in [0.2, 0.25) is 5.02 Å². The van der Waals surface area contributed by atoms with Gasteiger partial charge in [0.25, 0.3) is 0 Å². The van der Waals surface area contributed by atoms with Crippen molar-refractivity contribution in [1.82, 2.24) is 0 Å². The second-order valence-corrected chi connectivity index (χ2v) is 6.01. The number of thioether (sulfide) groups is 1. The molecule has 1 atom stereocenters. The lowest BCUT2D eigenvalue weighted by molar-refractivity contribution is -0.116. The van der Waals surface area contributed by atoms with Crippen molar-refractivity contribution in [2.24, 2.45) is 0 Å². The third kappa shape index (κ3) is 1.97. The summed E-state index contributed by atoms with van der Waals surface area (Å²) in [6.45, 7) is 3.77. The molecule has 1 aromatic rings. The number of hydrogen-bond donors (Lipinski definition) is 0. The van der Waals surface area contributed by atoms with Crippen molar-refractivity contribution in [2.75, 3.05) is 4.90 Å². The van der Waals surface area contributed by atoms with Gasteiger partial charge in [-0.2, -0.15) is 0 Å². The topological polar surface area (TPSA) is 20.3 Å². The maximum atomic E-state index is 11.9. The van der Waals surface area contributed by atoms with Crippen molar-refractivity contribution in [1.29, 1.82) is 0 Å². The van der Waals surface area contributed by atoms with Gasteiger partial charge in [0, 0.05) is 5.02 Å². The van der Waals surface area contributed by atoms with E-state index < -0.39 is 0 Å². The first kappa shape index (κ1) is 11.9. The summed E-state index contributed by atoms with van der Waals surface area (Å²) >= 11 is 12.6. The molecule has 0 bridgehead atoms. The van der Waals surface area contributed by atoms with Crippen LogP contribution in [0.15, 0.2) is 18.2 Å². The van der Waals surface area contributed by atoms with Gasteiger partial charge in [-0.25, -0.2) is 0 Å². The lowest BCUT2D eigenvalue weighted by Crippen LogP contribution is -2.30. The summed E-state index contributed by atoms with van der Waals surface area (Å²) in [5.74, 6) is 0.0386. The minimum absolute atomic E-state index is 0.0386. The van der Waals surface area contributed by atoms with E-state index in [4.69, 9.17) is 23.8 Å². The molecule has 0 spiro atoms. The van der Waals surface area contributed by atoms with Gasteiger partial charge in [0.1, 0.15) is 4.32 Å². The number of rotatable bonds is 1. The predicted octanol–water partition coefficient (Wildman–Crippen LogP) is 3.40. The van der Waals surface area contributed by atoms with E-state index in [2.05, 4.69) is 0 Å². The molecule has 1 fully saturated rings. The van der Waals surface area contributed by atoms with Crippen molar-refractivity contribution in [3.05, 3.63) is 28.8 Å². The lowest BCUT2D eigenvalue weighted by Gasteiger charge is -2.16. The number of amides is 1. The van der Waals surface area contributed by atoms with Crippen LogP contribution >= 0.6 is 35.6 Å². The number of thiocarbonyl (C=S) groups is 1. The third-order valence-electron chi connectivity index (χ3n) is 2.43. The second-order valence-electron chi connectivity index (χ2n) is 3.63. The van der Waals surface area contributed by atoms with Crippen molar-refractivity contribution in [3.63, 3.8) is 0 Å². The second kappa shape index (κ2) is 4.35. The fraction of sp³-hybridized carbons (Fsp3) is 0.273. The highest BCUT2D eigenvalue weighted by atomic mass is 35.5. The van der Waals surface area contributed by atoms with Gasteiger partial charge < -0.3 is 0 Å². The van der Waals surface area contributed by atoms with E-state index >= 15 is 0 Å². The van der Waals surface area contributed by atoms with Gasteiger partial charge in [0.15, 0.2) is 0 Å². The number of aryl methyl sites for hydroxylation is 1. The molecule has 2 nitrogen and oxygen atoms in total. The zero-order valence-corrected chi connectivity index (χ0v) is 11.2. The molecule has 1 aromatic carbocycles. The minimum atomic E-state index is -0.0940. The predicted molar refractivity (Wildman–Crippen MR) is 73.3 cm³/mol. The van der Waals surface area contributed by atoms with E-state index in [0.29, 0.717) is 9.34 Å². The van der Waals surface area contributed by atoms with Crippen LogP contribution in [0.25, 0.3) is 0 Å². The van der Waals surface area contributed by atoms with E-state index in [9.17, 15) is 4.79 Å². The van der Waals surface area contributed by atoms with Gasteiger partial charge in [-0.1, -0.05) is 35.6 Å². The summed E-state index contributed by atoms with van der Waals surface area (Å²) in [7, 11) is 0. The van der Waals surface area contributed by atoms with Crippen LogP contribution < -0.4 is 4.90 Å². The van der Waals surface area contributed by atoms with Crippen LogP contribution in [-0.4, -0.2) is 15.5 Å². The monoisotopic (exact) mass is 271 g/mol. The van der Waals surface area contributed by atoms with Crippen molar-refractivity contribution < 1.29 is 4.79 Å². The normalized spacial score (nSPS) is 20.7. The Hall–Kier alpha value is -0.580. The lowest BCUT2D eigenvalue weighted by atomic mass is 10.2. The molecule has 0 saturated carbocycles. The maximum Gasteiger partial charge on any atom is 0.245 e. The van der Waals surface area contributed by atoms with Gasteiger partial charge in [-0.05, 0) is 37.6 Å². The van der Waals surface area contributed by atoms with Crippen molar-refractivity contribution in [3.8, 4) is 0 Å². The summed E-state index contributed by atoms with van der Waals surface area (Å²) < 4.78 is 0.610. The van der Waals surface area contributed by atoms with Crippen LogP contribution in [0.5, 0.6) is 0 Å². The van der Waals surface area contributed by atoms with Crippen LogP contribution in [0.1, 0.15) is 12.5 Å². The minimum Gasteiger partial charge on any atom is -0.273 e.